The maximum absolute atomic E-state index is 4.63. The molecule has 0 radical (unpaired) electrons. The Morgan fingerprint density at radius 1 is 1.33 bits per heavy atom. The topological polar surface area (TPSA) is 97.2 Å². The number of nitrogens with one attached hydrogen (secondary N) is 2. The third kappa shape index (κ3) is 3.56. The summed E-state index contributed by atoms with van der Waals surface area (Å²) >= 11 is 1.62. The van der Waals surface area contributed by atoms with Crippen LogP contribution in [0.2, 0.25) is 0 Å². The van der Waals surface area contributed by atoms with Gasteiger partial charge in [-0.1, -0.05) is 0 Å². The summed E-state index contributed by atoms with van der Waals surface area (Å²) in [4.78, 5) is 8.92. The average Bonchev–Trinajstić information content (AvgIpc) is 3.19. The van der Waals surface area contributed by atoms with Crippen molar-refractivity contribution in [3.63, 3.8) is 0 Å². The Morgan fingerprint density at radius 2 is 2.21 bits per heavy atom. The van der Waals surface area contributed by atoms with Crippen LogP contribution in [-0.4, -0.2) is 47.5 Å². The zero-order chi connectivity index (χ0) is 16.9. The van der Waals surface area contributed by atoms with Crippen molar-refractivity contribution in [2.45, 2.75) is 32.3 Å². The van der Waals surface area contributed by atoms with Gasteiger partial charge in [-0.3, -0.25) is 4.68 Å². The van der Waals surface area contributed by atoms with Gasteiger partial charge < -0.3 is 5.32 Å². The van der Waals surface area contributed by atoms with Gasteiger partial charge in [0.25, 0.3) is 0 Å². The monoisotopic (exact) mass is 344 g/mol. The summed E-state index contributed by atoms with van der Waals surface area (Å²) in [6.07, 6.45) is 3.48. The third-order valence-corrected chi connectivity index (χ3v) is 4.52. The van der Waals surface area contributed by atoms with Gasteiger partial charge in [0.2, 0.25) is 5.95 Å². The molecule has 8 nitrogen and oxygen atoms in total. The van der Waals surface area contributed by atoms with Crippen molar-refractivity contribution >= 4 is 17.7 Å². The van der Waals surface area contributed by atoms with Gasteiger partial charge in [-0.05, 0) is 26.8 Å². The van der Waals surface area contributed by atoms with Gasteiger partial charge in [-0.15, -0.1) is 16.9 Å². The number of aryl methyl sites for hydroxylation is 2. The van der Waals surface area contributed by atoms with Gasteiger partial charge >= 0.3 is 0 Å². The Morgan fingerprint density at radius 3 is 2.92 bits per heavy atom. The molecule has 0 aliphatic carbocycles. The van der Waals surface area contributed by atoms with Crippen molar-refractivity contribution in [3.05, 3.63) is 29.8 Å². The number of aromatic nitrogens is 7. The summed E-state index contributed by atoms with van der Waals surface area (Å²) in [6, 6.07) is 1.92. The van der Waals surface area contributed by atoms with Crippen LogP contribution in [0.1, 0.15) is 18.3 Å². The number of H-pyrrole nitrogens is 1. The standard InChI is InChI=1S/C15H20N8S/c1-4-23-11(3)14(10(2)21-23)12-5-6-16-15(19-12)17-7-8-24-13-9-18-22-20-13/h5-6,9H,4,7-8H2,1-3H3,(H,16,17,19)(H,18,20,22). The van der Waals surface area contributed by atoms with E-state index in [-0.39, 0.29) is 0 Å². The zero-order valence-corrected chi connectivity index (χ0v) is 14.8. The van der Waals surface area contributed by atoms with Crippen molar-refractivity contribution in [1.29, 1.82) is 0 Å². The minimum Gasteiger partial charge on any atom is -0.353 e. The maximum atomic E-state index is 4.63. The van der Waals surface area contributed by atoms with E-state index in [1.165, 1.54) is 0 Å². The van der Waals surface area contributed by atoms with E-state index in [9.17, 15) is 0 Å². The molecule has 0 aromatic carbocycles. The summed E-state index contributed by atoms with van der Waals surface area (Å²) in [5.41, 5.74) is 4.09. The van der Waals surface area contributed by atoms with Crippen LogP contribution in [0, 0.1) is 13.8 Å². The molecule has 24 heavy (non-hydrogen) atoms. The van der Waals surface area contributed by atoms with Crippen molar-refractivity contribution in [1.82, 2.24) is 35.2 Å². The number of nitrogens with zero attached hydrogens (tertiary/aromatic N) is 6. The second kappa shape index (κ2) is 7.43. The van der Waals surface area contributed by atoms with Crippen LogP contribution in [0.15, 0.2) is 23.5 Å². The van der Waals surface area contributed by atoms with Crippen LogP contribution in [-0.2, 0) is 6.54 Å². The van der Waals surface area contributed by atoms with Crippen molar-refractivity contribution in [3.8, 4) is 11.3 Å². The van der Waals surface area contributed by atoms with Gasteiger partial charge in [0.05, 0.1) is 17.6 Å². The highest BCUT2D eigenvalue weighted by Gasteiger charge is 2.14. The second-order valence-electron chi connectivity index (χ2n) is 5.21. The number of rotatable bonds is 7. The fourth-order valence-corrected chi connectivity index (χ4v) is 3.18. The maximum Gasteiger partial charge on any atom is 0.223 e. The fourth-order valence-electron chi connectivity index (χ4n) is 2.54. The zero-order valence-electron chi connectivity index (χ0n) is 13.9. The Bertz CT molecular complexity index is 796. The molecule has 9 heteroatoms. The Labute approximate surface area is 144 Å². The molecular weight excluding hydrogens is 324 g/mol. The molecule has 126 valence electrons. The van der Waals surface area contributed by atoms with E-state index in [0.29, 0.717) is 5.95 Å². The first kappa shape index (κ1) is 16.4. The highest BCUT2D eigenvalue weighted by Crippen LogP contribution is 2.25. The molecule has 0 aliphatic rings. The van der Waals surface area contributed by atoms with Crippen LogP contribution in [0.3, 0.4) is 0 Å². The van der Waals surface area contributed by atoms with E-state index in [0.717, 1.165) is 46.5 Å². The van der Waals surface area contributed by atoms with E-state index in [1.807, 2.05) is 17.7 Å². The smallest absolute Gasteiger partial charge is 0.223 e. The lowest BCUT2D eigenvalue weighted by Crippen LogP contribution is -2.08. The Hall–Kier alpha value is -2.42. The fraction of sp³-hybridized carbons (Fsp3) is 0.400. The van der Waals surface area contributed by atoms with E-state index < -0.39 is 0 Å². The minimum atomic E-state index is 0.622. The largest absolute Gasteiger partial charge is 0.353 e. The normalized spacial score (nSPS) is 11.0. The number of aromatic amines is 1. The lowest BCUT2D eigenvalue weighted by molar-refractivity contribution is 0.634. The van der Waals surface area contributed by atoms with Crippen molar-refractivity contribution in [2.75, 3.05) is 17.6 Å². The number of anilines is 1. The Balaban J connectivity index is 1.67. The van der Waals surface area contributed by atoms with E-state index >= 15 is 0 Å². The molecule has 0 spiro atoms. The van der Waals surface area contributed by atoms with Gasteiger partial charge in [-0.2, -0.15) is 15.4 Å². The summed E-state index contributed by atoms with van der Waals surface area (Å²) in [5.74, 6) is 1.47. The molecule has 0 amide bonds. The lowest BCUT2D eigenvalue weighted by Gasteiger charge is -2.07. The number of hydrogen-bond acceptors (Lipinski definition) is 7. The van der Waals surface area contributed by atoms with Crippen molar-refractivity contribution < 1.29 is 0 Å². The molecule has 0 bridgehead atoms. The predicted octanol–water partition coefficient (Wildman–Crippen LogP) is 2.30. The van der Waals surface area contributed by atoms with Gasteiger partial charge in [0.1, 0.15) is 5.03 Å². The highest BCUT2D eigenvalue weighted by molar-refractivity contribution is 7.99. The van der Waals surface area contributed by atoms with Gasteiger partial charge in [0, 0.05) is 36.3 Å². The third-order valence-electron chi connectivity index (χ3n) is 3.62. The lowest BCUT2D eigenvalue weighted by atomic mass is 10.1. The number of thioether (sulfide) groups is 1. The molecular formula is C15H20N8S. The SMILES string of the molecule is CCn1nc(C)c(-c2ccnc(NCCSc3cn[nH]n3)n2)c1C. The molecule has 3 rings (SSSR count). The summed E-state index contributed by atoms with van der Waals surface area (Å²) in [5, 5.41) is 19.1. The molecule has 3 aromatic heterocycles. The molecule has 2 N–H and O–H groups in total. The van der Waals surface area contributed by atoms with E-state index in [4.69, 9.17) is 0 Å². The van der Waals surface area contributed by atoms with E-state index in [1.54, 1.807) is 24.2 Å². The first-order valence-electron chi connectivity index (χ1n) is 7.79. The predicted molar refractivity (Wildman–Crippen MR) is 94.0 cm³/mol. The first-order valence-corrected chi connectivity index (χ1v) is 8.77. The Kier molecular flexibility index (Phi) is 5.09. The molecule has 0 atom stereocenters. The van der Waals surface area contributed by atoms with Crippen LogP contribution in [0.5, 0.6) is 0 Å². The summed E-state index contributed by atoms with van der Waals surface area (Å²) in [6.45, 7) is 7.76. The van der Waals surface area contributed by atoms with Crippen LogP contribution >= 0.6 is 11.8 Å². The first-order chi connectivity index (χ1) is 11.7. The van der Waals surface area contributed by atoms with Gasteiger partial charge in [0.15, 0.2) is 0 Å². The molecule has 0 unspecified atom stereocenters. The molecule has 3 aromatic rings. The summed E-state index contributed by atoms with van der Waals surface area (Å²) in [7, 11) is 0. The minimum absolute atomic E-state index is 0.622. The van der Waals surface area contributed by atoms with E-state index in [2.05, 4.69) is 49.6 Å². The quantitative estimate of drug-likeness (QED) is 0.501. The highest BCUT2D eigenvalue weighted by atomic mass is 32.2. The van der Waals surface area contributed by atoms with Crippen molar-refractivity contribution in [2.24, 2.45) is 0 Å². The van der Waals surface area contributed by atoms with Crippen LogP contribution in [0.4, 0.5) is 5.95 Å². The number of hydrogen-bond donors (Lipinski definition) is 2. The summed E-state index contributed by atoms with van der Waals surface area (Å²) < 4.78 is 1.99. The molecule has 0 saturated carbocycles. The molecule has 0 saturated heterocycles. The molecule has 0 fully saturated rings. The molecule has 3 heterocycles. The molecule has 0 aliphatic heterocycles. The average molecular weight is 344 g/mol. The van der Waals surface area contributed by atoms with Gasteiger partial charge in [-0.25, -0.2) is 9.97 Å². The second-order valence-corrected chi connectivity index (χ2v) is 6.33. The van der Waals surface area contributed by atoms with Crippen LogP contribution < -0.4 is 5.32 Å². The van der Waals surface area contributed by atoms with Crippen LogP contribution in [0.25, 0.3) is 11.3 Å².